The number of rotatable bonds is 1. The van der Waals surface area contributed by atoms with Crippen molar-refractivity contribution in [2.45, 2.75) is 25.7 Å². The van der Waals surface area contributed by atoms with Gasteiger partial charge in [0.15, 0.2) is 0 Å². The lowest BCUT2D eigenvalue weighted by Crippen LogP contribution is -2.28. The molecule has 1 saturated carbocycles. The zero-order valence-corrected chi connectivity index (χ0v) is 6.10. The summed E-state index contributed by atoms with van der Waals surface area (Å²) in [6, 6.07) is 0. The molecule has 10 heavy (non-hydrogen) atoms. The van der Waals surface area contributed by atoms with Gasteiger partial charge in [-0.15, -0.1) is 0 Å². The first-order valence-corrected chi connectivity index (χ1v) is 4.15. The standard InChI is InChI=1S/C8H13NO/c10-8-7(4-5-9-8)6-2-1-3-6/h6-7H,1-5H2,(H,9,10). The first-order valence-electron chi connectivity index (χ1n) is 4.15. The SMILES string of the molecule is O=C1NCCC1C1CCC1. The molecule has 1 aliphatic carbocycles. The smallest absolute Gasteiger partial charge is 0.223 e. The minimum Gasteiger partial charge on any atom is -0.356 e. The van der Waals surface area contributed by atoms with Gasteiger partial charge in [-0.05, 0) is 25.2 Å². The summed E-state index contributed by atoms with van der Waals surface area (Å²) in [5.41, 5.74) is 0. The van der Waals surface area contributed by atoms with Crippen LogP contribution in [0.4, 0.5) is 0 Å². The van der Waals surface area contributed by atoms with Gasteiger partial charge in [-0.1, -0.05) is 6.42 Å². The van der Waals surface area contributed by atoms with Crippen molar-refractivity contribution in [3.8, 4) is 0 Å². The molecule has 1 N–H and O–H groups in total. The van der Waals surface area contributed by atoms with Crippen LogP contribution < -0.4 is 5.32 Å². The van der Waals surface area contributed by atoms with Crippen molar-refractivity contribution in [1.82, 2.24) is 5.32 Å². The molecule has 2 fully saturated rings. The first kappa shape index (κ1) is 6.20. The number of hydrogen-bond acceptors (Lipinski definition) is 1. The molecule has 0 radical (unpaired) electrons. The molecule has 2 rings (SSSR count). The average Bonchev–Trinajstić information content (AvgIpc) is 2.12. The predicted octanol–water partition coefficient (Wildman–Crippen LogP) is 0.923. The van der Waals surface area contributed by atoms with Crippen molar-refractivity contribution in [3.05, 3.63) is 0 Å². The maximum Gasteiger partial charge on any atom is 0.223 e. The van der Waals surface area contributed by atoms with Crippen molar-refractivity contribution in [1.29, 1.82) is 0 Å². The Morgan fingerprint density at radius 2 is 2.10 bits per heavy atom. The highest BCUT2D eigenvalue weighted by atomic mass is 16.2. The third-order valence-electron chi connectivity index (χ3n) is 2.81. The van der Waals surface area contributed by atoms with Crippen LogP contribution in [0.3, 0.4) is 0 Å². The first-order chi connectivity index (χ1) is 4.88. The summed E-state index contributed by atoms with van der Waals surface area (Å²) in [5.74, 6) is 1.43. The number of hydrogen-bond donors (Lipinski definition) is 1. The van der Waals surface area contributed by atoms with Crippen molar-refractivity contribution in [2.24, 2.45) is 11.8 Å². The molecular formula is C8H13NO. The maximum absolute atomic E-state index is 11.1. The summed E-state index contributed by atoms with van der Waals surface area (Å²) < 4.78 is 0. The summed E-state index contributed by atoms with van der Waals surface area (Å²) >= 11 is 0. The van der Waals surface area contributed by atoms with E-state index in [9.17, 15) is 4.79 Å². The van der Waals surface area contributed by atoms with Crippen LogP contribution in [0.2, 0.25) is 0 Å². The van der Waals surface area contributed by atoms with E-state index in [0.29, 0.717) is 11.8 Å². The lowest BCUT2D eigenvalue weighted by atomic mass is 9.75. The molecule has 1 saturated heterocycles. The molecule has 1 unspecified atom stereocenters. The fourth-order valence-corrected chi connectivity index (χ4v) is 1.91. The van der Waals surface area contributed by atoms with E-state index in [1.54, 1.807) is 0 Å². The lowest BCUT2D eigenvalue weighted by Gasteiger charge is -2.29. The summed E-state index contributed by atoms with van der Waals surface area (Å²) in [5, 5.41) is 2.88. The third-order valence-corrected chi connectivity index (χ3v) is 2.81. The van der Waals surface area contributed by atoms with E-state index < -0.39 is 0 Å². The minimum atomic E-state index is 0.310. The monoisotopic (exact) mass is 139 g/mol. The normalized spacial score (nSPS) is 33.6. The van der Waals surface area contributed by atoms with Gasteiger partial charge in [0.1, 0.15) is 0 Å². The Morgan fingerprint density at radius 1 is 1.30 bits per heavy atom. The number of carbonyl (C=O) groups is 1. The molecule has 56 valence electrons. The minimum absolute atomic E-state index is 0.310. The second-order valence-electron chi connectivity index (χ2n) is 3.38. The predicted molar refractivity (Wildman–Crippen MR) is 38.5 cm³/mol. The Kier molecular flexibility index (Phi) is 1.40. The van der Waals surface area contributed by atoms with E-state index in [1.807, 2.05) is 0 Å². The van der Waals surface area contributed by atoms with Crippen LogP contribution in [0.5, 0.6) is 0 Å². The zero-order chi connectivity index (χ0) is 6.97. The van der Waals surface area contributed by atoms with Gasteiger partial charge in [0.25, 0.3) is 0 Å². The van der Waals surface area contributed by atoms with Crippen LogP contribution in [0.1, 0.15) is 25.7 Å². The molecule has 2 heteroatoms. The van der Waals surface area contributed by atoms with E-state index in [-0.39, 0.29) is 0 Å². The van der Waals surface area contributed by atoms with Gasteiger partial charge >= 0.3 is 0 Å². The molecule has 1 heterocycles. The molecular weight excluding hydrogens is 126 g/mol. The average molecular weight is 139 g/mol. The van der Waals surface area contributed by atoms with E-state index in [0.717, 1.165) is 18.9 Å². The fraction of sp³-hybridized carbons (Fsp3) is 0.875. The van der Waals surface area contributed by atoms with E-state index >= 15 is 0 Å². The topological polar surface area (TPSA) is 29.1 Å². The van der Waals surface area contributed by atoms with Gasteiger partial charge in [-0.2, -0.15) is 0 Å². The summed E-state index contributed by atoms with van der Waals surface area (Å²) in [6.45, 7) is 0.917. The molecule has 0 aromatic carbocycles. The molecule has 1 atom stereocenters. The largest absolute Gasteiger partial charge is 0.356 e. The van der Waals surface area contributed by atoms with E-state index in [1.165, 1.54) is 19.3 Å². The van der Waals surface area contributed by atoms with Gasteiger partial charge in [0.05, 0.1) is 0 Å². The Balaban J connectivity index is 1.96. The highest BCUT2D eigenvalue weighted by Crippen LogP contribution is 2.36. The van der Waals surface area contributed by atoms with Crippen molar-refractivity contribution < 1.29 is 4.79 Å². The zero-order valence-electron chi connectivity index (χ0n) is 6.10. The van der Waals surface area contributed by atoms with Crippen LogP contribution in [-0.4, -0.2) is 12.5 Å². The van der Waals surface area contributed by atoms with E-state index in [2.05, 4.69) is 5.32 Å². The summed E-state index contributed by atoms with van der Waals surface area (Å²) in [6.07, 6.45) is 5.01. The molecule has 2 aliphatic rings. The molecule has 1 amide bonds. The Bertz CT molecular complexity index is 151. The quantitative estimate of drug-likeness (QED) is 0.575. The summed E-state index contributed by atoms with van der Waals surface area (Å²) in [4.78, 5) is 11.1. The second-order valence-corrected chi connectivity index (χ2v) is 3.38. The van der Waals surface area contributed by atoms with Gasteiger partial charge in [-0.25, -0.2) is 0 Å². The molecule has 2 nitrogen and oxygen atoms in total. The van der Waals surface area contributed by atoms with Gasteiger partial charge in [0.2, 0.25) is 5.91 Å². The molecule has 0 spiro atoms. The Labute approximate surface area is 61.0 Å². The number of amides is 1. The molecule has 0 aromatic rings. The van der Waals surface area contributed by atoms with Crippen LogP contribution >= 0.6 is 0 Å². The molecule has 0 bridgehead atoms. The Hall–Kier alpha value is -0.530. The van der Waals surface area contributed by atoms with Crippen molar-refractivity contribution in [3.63, 3.8) is 0 Å². The molecule has 0 aromatic heterocycles. The van der Waals surface area contributed by atoms with Crippen LogP contribution in [0, 0.1) is 11.8 Å². The van der Waals surface area contributed by atoms with Gasteiger partial charge < -0.3 is 5.32 Å². The van der Waals surface area contributed by atoms with Crippen molar-refractivity contribution >= 4 is 5.91 Å². The maximum atomic E-state index is 11.1. The van der Waals surface area contributed by atoms with Gasteiger partial charge in [-0.3, -0.25) is 4.79 Å². The Morgan fingerprint density at radius 3 is 2.50 bits per heavy atom. The highest BCUT2D eigenvalue weighted by Gasteiger charge is 2.34. The fourth-order valence-electron chi connectivity index (χ4n) is 1.91. The number of carbonyl (C=O) groups excluding carboxylic acids is 1. The molecule has 1 aliphatic heterocycles. The van der Waals surface area contributed by atoms with Crippen LogP contribution in [-0.2, 0) is 4.79 Å². The lowest BCUT2D eigenvalue weighted by molar-refractivity contribution is -0.124. The van der Waals surface area contributed by atoms with Crippen LogP contribution in [0.25, 0.3) is 0 Å². The second kappa shape index (κ2) is 2.26. The van der Waals surface area contributed by atoms with Crippen LogP contribution in [0.15, 0.2) is 0 Å². The van der Waals surface area contributed by atoms with Gasteiger partial charge in [0, 0.05) is 12.5 Å². The summed E-state index contributed by atoms with van der Waals surface area (Å²) in [7, 11) is 0. The third kappa shape index (κ3) is 0.825. The van der Waals surface area contributed by atoms with Crippen molar-refractivity contribution in [2.75, 3.05) is 6.54 Å². The highest BCUT2D eigenvalue weighted by molar-refractivity contribution is 5.80. The van der Waals surface area contributed by atoms with E-state index in [4.69, 9.17) is 0 Å². The number of nitrogens with one attached hydrogen (secondary N) is 1.